The van der Waals surface area contributed by atoms with Gasteiger partial charge in [0.05, 0.1) is 58.0 Å². The molecule has 6 rings (SSSR count). The van der Waals surface area contributed by atoms with Gasteiger partial charge in [0, 0.05) is 0 Å². The van der Waals surface area contributed by atoms with Crippen LogP contribution in [0.5, 0.6) is 0 Å². The van der Waals surface area contributed by atoms with Crippen molar-refractivity contribution in [2.24, 2.45) is 0 Å². The second-order valence-electron chi connectivity index (χ2n) is 17.6. The van der Waals surface area contributed by atoms with Crippen molar-refractivity contribution in [3.8, 4) is 0 Å². The molecule has 6 fully saturated rings. The van der Waals surface area contributed by atoms with Gasteiger partial charge < -0.3 is 194 Å². The first-order valence-electron chi connectivity index (χ1n) is 23.0. The van der Waals surface area contributed by atoms with E-state index in [1.165, 1.54) is 0 Å². The molecule has 0 amide bonds. The number of ether oxygens (including phenoxy) is 12. The van der Waals surface area contributed by atoms with Gasteiger partial charge in [0.1, 0.15) is 128 Å². The van der Waals surface area contributed by atoms with Gasteiger partial charge in [-0.1, -0.05) is 0 Å². The molecule has 40 heteroatoms. The maximum absolute atomic E-state index is 10.6. The molecular formula is C39H63FeO39. The Morgan fingerprint density at radius 2 is 0.494 bits per heavy atom. The van der Waals surface area contributed by atoms with Crippen molar-refractivity contribution in [2.75, 3.05) is 39.6 Å². The Morgan fingerprint density at radius 3 is 0.671 bits per heavy atom. The van der Waals surface area contributed by atoms with E-state index in [2.05, 4.69) is 14.2 Å². The van der Waals surface area contributed by atoms with Gasteiger partial charge in [-0.2, -0.15) is 0 Å². The molecule has 6 heterocycles. The summed E-state index contributed by atoms with van der Waals surface area (Å²) >= 11 is 0. The van der Waals surface area contributed by atoms with Crippen LogP contribution in [0.25, 0.3) is 0 Å². The van der Waals surface area contributed by atoms with E-state index in [9.17, 15) is 137 Å². The maximum atomic E-state index is 10.6. The van der Waals surface area contributed by atoms with E-state index >= 15 is 0 Å². The van der Waals surface area contributed by atoms with E-state index in [0.717, 1.165) is 0 Å². The Bertz CT molecular complexity index is 1630. The van der Waals surface area contributed by atoms with Crippen molar-refractivity contribution in [1.82, 2.24) is 0 Å². The van der Waals surface area contributed by atoms with Gasteiger partial charge in [0.25, 0.3) is 18.5 Å². The molecule has 6 aliphatic heterocycles. The fraction of sp³-hybridized carbons (Fsp3) is 0.923. The topological polar surface area (TPSA) is 656 Å². The van der Waals surface area contributed by atoms with Crippen LogP contribution < -0.4 is 15.3 Å². The quantitative estimate of drug-likeness (QED) is 0.0411. The van der Waals surface area contributed by atoms with Crippen LogP contribution in [0.2, 0.25) is 0 Å². The predicted octanol–water partition coefficient (Wildman–Crippen LogP) is -18.1. The Balaban J connectivity index is 0.000000309. The fourth-order valence-corrected chi connectivity index (χ4v) is 8.42. The zero-order chi connectivity index (χ0) is 58.8. The number of hydrogen-bond acceptors (Lipinski definition) is 39. The Hall–Kier alpha value is -2.87. The van der Waals surface area contributed by atoms with E-state index in [0.29, 0.717) is 0 Å². The molecule has 6 aliphatic rings. The SMILES string of the molecule is O=C([O-])O[C@@H]1[C@@H](O)[C@@H](O[C@H]2[C@H](O)[C@@H](O)[C@H](O)O[C@@H]2CO)O[C@H](CO)[C@H]1O.O=C([O-])O[C@@H]1[C@@H](O)[C@@H](O[C@H]2[C@H](O)[C@@H](O)[C@H](O)O[C@@H]2CO)O[C@H](CO)[C@H]1O.O=C([O-])O[C@@H]1[C@@H](O)[C@@H](O[C@H]2[C@H](O)[C@@H](O)[C@H](O)O[C@@H]2CO)O[C@H](CO)[C@H]1O.[Fe+3]. The second-order valence-corrected chi connectivity index (χ2v) is 17.6. The van der Waals surface area contributed by atoms with Crippen LogP contribution in [-0.4, -0.2) is 350 Å². The molecule has 0 bridgehead atoms. The minimum atomic E-state index is -2.06. The zero-order valence-electron chi connectivity index (χ0n) is 40.2. The molecule has 0 saturated carbocycles. The van der Waals surface area contributed by atoms with Crippen LogP contribution >= 0.6 is 0 Å². The number of carboxylic acid groups (broad SMARTS) is 3. The van der Waals surface area contributed by atoms with Gasteiger partial charge in [-0.05, 0) is 0 Å². The number of aliphatic hydroxyl groups excluding tert-OH is 21. The van der Waals surface area contributed by atoms with E-state index in [-0.39, 0.29) is 17.1 Å². The van der Waals surface area contributed by atoms with Crippen LogP contribution in [0.15, 0.2) is 0 Å². The maximum Gasteiger partial charge on any atom is 3.00 e. The van der Waals surface area contributed by atoms with Crippen molar-refractivity contribution in [1.29, 1.82) is 0 Å². The van der Waals surface area contributed by atoms with E-state index < -0.39 is 242 Å². The molecule has 0 aromatic rings. The summed E-state index contributed by atoms with van der Waals surface area (Å²) in [5.41, 5.74) is 0. The van der Waals surface area contributed by atoms with E-state index in [1.54, 1.807) is 0 Å². The van der Waals surface area contributed by atoms with Gasteiger partial charge in [-0.15, -0.1) is 0 Å². The third-order valence-electron chi connectivity index (χ3n) is 12.6. The van der Waals surface area contributed by atoms with Gasteiger partial charge in [0.2, 0.25) is 0 Å². The Kier molecular flexibility index (Phi) is 28.2. The van der Waals surface area contributed by atoms with Crippen LogP contribution in [0.4, 0.5) is 14.4 Å². The first-order valence-corrected chi connectivity index (χ1v) is 23.0. The largest absolute Gasteiger partial charge is 3.00 e. The molecule has 79 heavy (non-hydrogen) atoms. The molecule has 461 valence electrons. The summed E-state index contributed by atoms with van der Waals surface area (Å²) in [7, 11) is 0. The third-order valence-corrected chi connectivity index (χ3v) is 12.6. The minimum absolute atomic E-state index is 0. The summed E-state index contributed by atoms with van der Waals surface area (Å²) in [5.74, 6) is 0. The van der Waals surface area contributed by atoms with Crippen molar-refractivity contribution in [3.63, 3.8) is 0 Å². The first-order chi connectivity index (χ1) is 36.6. The molecule has 21 N–H and O–H groups in total. The molecule has 0 aliphatic carbocycles. The zero-order valence-corrected chi connectivity index (χ0v) is 41.3. The minimum Gasteiger partial charge on any atom is -0.541 e. The summed E-state index contributed by atoms with van der Waals surface area (Å²) in [6, 6.07) is 0. The smallest absolute Gasteiger partial charge is 0.541 e. The molecule has 1 radical (unpaired) electrons. The number of hydrogen-bond donors (Lipinski definition) is 21. The standard InChI is InChI=1S/3C13H22O13.Fe/c3*14-1-3-5(16)10(26-13(21)22)8(19)12(24-3)25-9-4(2-15)23-11(20)7(18)6(9)17;/h3*3-12,14-20H,1-2H2,(H,21,22);/q;;;+3/p-3/t3*3-,4-,5-,6-,7-,8-,9-,10+,11-,12-;/m111./s1. The van der Waals surface area contributed by atoms with Gasteiger partial charge in [-0.25, -0.2) is 0 Å². The molecule has 30 atom stereocenters. The van der Waals surface area contributed by atoms with Crippen LogP contribution in [0.1, 0.15) is 0 Å². The summed E-state index contributed by atoms with van der Waals surface area (Å²) in [6.45, 7) is -4.64. The van der Waals surface area contributed by atoms with Gasteiger partial charge >= 0.3 is 17.1 Å². The third kappa shape index (κ3) is 17.1. The number of aliphatic hydroxyl groups is 21. The first kappa shape index (κ1) is 70.4. The summed E-state index contributed by atoms with van der Waals surface area (Å²) in [4.78, 5) is 31.9. The van der Waals surface area contributed by atoms with E-state index in [1.807, 2.05) is 0 Å². The monoisotopic (exact) mass is 1210 g/mol. The van der Waals surface area contributed by atoms with Crippen molar-refractivity contribution < 1.29 is 211 Å². The number of carbonyl (C=O) groups excluding carboxylic acids is 3. The molecule has 39 nitrogen and oxygen atoms in total. The van der Waals surface area contributed by atoms with Crippen LogP contribution in [0.3, 0.4) is 0 Å². The predicted molar refractivity (Wildman–Crippen MR) is 219 cm³/mol. The van der Waals surface area contributed by atoms with Crippen molar-refractivity contribution in [3.05, 3.63) is 0 Å². The molecule has 6 saturated heterocycles. The van der Waals surface area contributed by atoms with Crippen molar-refractivity contribution >= 4 is 18.5 Å². The molecule has 0 spiro atoms. The van der Waals surface area contributed by atoms with Crippen LogP contribution in [0, 0.1) is 0 Å². The van der Waals surface area contributed by atoms with Gasteiger partial charge in [-0.3, -0.25) is 0 Å². The number of rotatable bonds is 15. The normalized spacial score (nSPS) is 46.1. The molecular weight excluding hydrogens is 1150 g/mol. The Morgan fingerprint density at radius 1 is 0.291 bits per heavy atom. The average molecular weight is 1210 g/mol. The number of carbonyl (C=O) groups is 3. The van der Waals surface area contributed by atoms with Crippen molar-refractivity contribution in [2.45, 2.75) is 184 Å². The Labute approximate surface area is 452 Å². The molecule has 0 aromatic carbocycles. The molecule has 0 unspecified atom stereocenters. The summed E-state index contributed by atoms with van der Waals surface area (Å²) in [6.07, 6.45) is -56.8. The van der Waals surface area contributed by atoms with Gasteiger partial charge in [0.15, 0.2) is 37.7 Å². The van der Waals surface area contributed by atoms with E-state index in [4.69, 9.17) is 42.6 Å². The molecule has 0 aromatic heterocycles. The second kappa shape index (κ2) is 31.7. The van der Waals surface area contributed by atoms with Crippen LogP contribution in [-0.2, 0) is 73.9 Å². The average Bonchev–Trinajstić information content (AvgIpc) is 3.40. The summed E-state index contributed by atoms with van der Waals surface area (Å²) < 4.78 is 58.7. The summed E-state index contributed by atoms with van der Waals surface area (Å²) in [5, 5.41) is 235. The fourth-order valence-electron chi connectivity index (χ4n) is 8.42.